The molecule has 0 unspecified atom stereocenters. The van der Waals surface area contributed by atoms with Crippen LogP contribution in [0.25, 0.3) is 0 Å². The molecule has 5 N–H and O–H groups in total. The second kappa shape index (κ2) is 8.85. The molecule has 1 aliphatic heterocycles. The van der Waals surface area contributed by atoms with Crippen LogP contribution in [0, 0.1) is 5.82 Å². The number of cyclic esters (lactones) is 1. The number of nitrogens with two attached hydrogens (primary N) is 1. The summed E-state index contributed by atoms with van der Waals surface area (Å²) in [6.07, 6.45) is 1.85. The first-order chi connectivity index (χ1) is 12.1. The molecule has 1 saturated heterocycles. The van der Waals surface area contributed by atoms with Crippen molar-refractivity contribution in [3.05, 3.63) is 36.4 Å². The predicted octanol–water partition coefficient (Wildman–Crippen LogP) is 0.592. The number of halogens is 1. The van der Waals surface area contributed by atoms with Crippen LogP contribution in [0.1, 0.15) is 0 Å². The van der Waals surface area contributed by atoms with E-state index in [1.165, 1.54) is 28.4 Å². The Labute approximate surface area is 145 Å². The number of amides is 1. The summed E-state index contributed by atoms with van der Waals surface area (Å²) in [6.45, 7) is 4.34. The smallest absolute Gasteiger partial charge is 0.414 e. The third-order valence-electron chi connectivity index (χ3n) is 3.51. The second-order valence-corrected chi connectivity index (χ2v) is 5.17. The summed E-state index contributed by atoms with van der Waals surface area (Å²) in [5.41, 5.74) is 11.6. The van der Waals surface area contributed by atoms with E-state index in [4.69, 9.17) is 10.5 Å². The lowest BCUT2D eigenvalue weighted by molar-refractivity contribution is 0.123. The van der Waals surface area contributed by atoms with Crippen molar-refractivity contribution in [2.24, 2.45) is 10.8 Å². The second-order valence-electron chi connectivity index (χ2n) is 5.17. The minimum Gasteiger partial charge on any atom is -0.442 e. The van der Waals surface area contributed by atoms with E-state index < -0.39 is 18.0 Å². The quantitative estimate of drug-likeness (QED) is 0.223. The van der Waals surface area contributed by atoms with Gasteiger partial charge < -0.3 is 15.8 Å². The standard InChI is InChI=1S/C15H22FN7O2/c1-18-21-10-20-14-4-3-11(7-13(14)16)23-9-12(25-15(23)24)8-22(19-2)6-5-17/h3-7,12,18,20-21H,2,8-10,17H2,1H3/b6-5-/t12-/m0/s1. The number of hydrazine groups is 1. The highest BCUT2D eigenvalue weighted by Crippen LogP contribution is 2.26. The fourth-order valence-electron chi connectivity index (χ4n) is 2.34. The van der Waals surface area contributed by atoms with E-state index in [2.05, 4.69) is 28.0 Å². The normalized spacial score (nSPS) is 17.0. The highest BCUT2D eigenvalue weighted by atomic mass is 19.1. The van der Waals surface area contributed by atoms with Crippen molar-refractivity contribution in [3.63, 3.8) is 0 Å². The summed E-state index contributed by atoms with van der Waals surface area (Å²) in [7, 11) is 1.71. The van der Waals surface area contributed by atoms with Crippen LogP contribution in [0.15, 0.2) is 35.7 Å². The Hall–Kier alpha value is -2.85. The molecule has 136 valence electrons. The van der Waals surface area contributed by atoms with Gasteiger partial charge >= 0.3 is 6.09 Å². The maximum Gasteiger partial charge on any atom is 0.414 e. The van der Waals surface area contributed by atoms with Gasteiger partial charge in [-0.25, -0.2) is 14.6 Å². The minimum absolute atomic E-state index is 0.275. The summed E-state index contributed by atoms with van der Waals surface area (Å²) in [5, 5.41) is 8.09. The third-order valence-corrected chi connectivity index (χ3v) is 3.51. The minimum atomic E-state index is -0.539. The first-order valence-electron chi connectivity index (χ1n) is 7.62. The van der Waals surface area contributed by atoms with Gasteiger partial charge in [0.05, 0.1) is 31.1 Å². The maximum absolute atomic E-state index is 14.2. The third kappa shape index (κ3) is 4.81. The lowest BCUT2D eigenvalue weighted by Crippen LogP contribution is -2.32. The Bertz CT molecular complexity index is 640. The monoisotopic (exact) mass is 351 g/mol. The number of carbonyl (C=O) groups excluding carboxylic acids is 1. The molecule has 0 saturated carbocycles. The molecule has 9 nitrogen and oxygen atoms in total. The van der Waals surface area contributed by atoms with Crippen LogP contribution >= 0.6 is 0 Å². The average Bonchev–Trinajstić information content (AvgIpc) is 2.96. The molecule has 10 heteroatoms. The number of benzene rings is 1. The van der Waals surface area contributed by atoms with Crippen molar-refractivity contribution in [2.75, 3.05) is 37.0 Å². The Balaban J connectivity index is 2.02. The zero-order chi connectivity index (χ0) is 18.2. The molecule has 1 heterocycles. The van der Waals surface area contributed by atoms with Gasteiger partial charge in [0.15, 0.2) is 0 Å². The van der Waals surface area contributed by atoms with Gasteiger partial charge in [0.2, 0.25) is 0 Å². The van der Waals surface area contributed by atoms with E-state index in [1.807, 2.05) is 0 Å². The number of hydrogen-bond donors (Lipinski definition) is 4. The van der Waals surface area contributed by atoms with Crippen LogP contribution in [0.5, 0.6) is 0 Å². The van der Waals surface area contributed by atoms with Crippen molar-refractivity contribution in [1.29, 1.82) is 0 Å². The molecule has 1 fully saturated rings. The molecule has 0 radical (unpaired) electrons. The van der Waals surface area contributed by atoms with Gasteiger partial charge in [-0.2, -0.15) is 5.10 Å². The number of nitrogens with one attached hydrogen (secondary N) is 3. The van der Waals surface area contributed by atoms with Crippen LogP contribution in [-0.4, -0.2) is 50.7 Å². The fourth-order valence-corrected chi connectivity index (χ4v) is 2.34. The number of anilines is 2. The van der Waals surface area contributed by atoms with Gasteiger partial charge in [-0.15, -0.1) is 0 Å². The SMILES string of the molecule is C=NN(/C=C\N)C[C@H]1CN(c2ccc(NCNNC)c(F)c2)C(=O)O1. The van der Waals surface area contributed by atoms with E-state index in [1.54, 1.807) is 19.2 Å². The van der Waals surface area contributed by atoms with Crippen molar-refractivity contribution in [1.82, 2.24) is 15.9 Å². The molecule has 0 aliphatic carbocycles. The summed E-state index contributed by atoms with van der Waals surface area (Å²) in [4.78, 5) is 13.4. The van der Waals surface area contributed by atoms with E-state index in [0.29, 0.717) is 24.6 Å². The Morgan fingerprint density at radius 3 is 3.04 bits per heavy atom. The molecule has 0 spiro atoms. The van der Waals surface area contributed by atoms with Crippen LogP contribution in [0.3, 0.4) is 0 Å². The molecule has 1 amide bonds. The summed E-state index contributed by atoms with van der Waals surface area (Å²) in [5.74, 6) is -0.466. The van der Waals surface area contributed by atoms with Gasteiger partial charge in [0.25, 0.3) is 0 Å². The molecular formula is C15H22FN7O2. The van der Waals surface area contributed by atoms with Crippen LogP contribution in [-0.2, 0) is 4.74 Å². The van der Waals surface area contributed by atoms with Crippen molar-refractivity contribution < 1.29 is 13.9 Å². The number of hydrazone groups is 1. The van der Waals surface area contributed by atoms with Gasteiger partial charge in [-0.05, 0) is 25.2 Å². The Morgan fingerprint density at radius 2 is 2.40 bits per heavy atom. The highest BCUT2D eigenvalue weighted by molar-refractivity contribution is 5.90. The molecule has 0 aromatic heterocycles. The zero-order valence-electron chi connectivity index (χ0n) is 13.9. The molecule has 1 aromatic carbocycles. The lowest BCUT2D eigenvalue weighted by atomic mass is 10.2. The molecule has 1 aromatic rings. The zero-order valence-corrected chi connectivity index (χ0v) is 13.9. The maximum atomic E-state index is 14.2. The van der Waals surface area contributed by atoms with Crippen molar-refractivity contribution in [2.45, 2.75) is 6.10 Å². The molecule has 2 rings (SSSR count). The number of hydrogen-bond acceptors (Lipinski definition) is 8. The van der Waals surface area contributed by atoms with Crippen LogP contribution < -0.4 is 26.8 Å². The predicted molar refractivity (Wildman–Crippen MR) is 94.3 cm³/mol. The summed E-state index contributed by atoms with van der Waals surface area (Å²) < 4.78 is 19.5. The summed E-state index contributed by atoms with van der Waals surface area (Å²) >= 11 is 0. The summed E-state index contributed by atoms with van der Waals surface area (Å²) in [6, 6.07) is 4.50. The van der Waals surface area contributed by atoms with Crippen LogP contribution in [0.4, 0.5) is 20.6 Å². The van der Waals surface area contributed by atoms with Gasteiger partial charge in [0.1, 0.15) is 11.9 Å². The molecular weight excluding hydrogens is 329 g/mol. The fraction of sp³-hybridized carbons (Fsp3) is 0.333. The molecule has 1 atom stereocenters. The lowest BCUT2D eigenvalue weighted by Gasteiger charge is -2.17. The molecule has 0 bridgehead atoms. The Kier molecular flexibility index (Phi) is 6.54. The largest absolute Gasteiger partial charge is 0.442 e. The van der Waals surface area contributed by atoms with E-state index >= 15 is 0 Å². The molecule has 25 heavy (non-hydrogen) atoms. The Morgan fingerprint density at radius 1 is 1.60 bits per heavy atom. The highest BCUT2D eigenvalue weighted by Gasteiger charge is 2.33. The first kappa shape index (κ1) is 18.5. The number of nitrogens with zero attached hydrogens (tertiary/aromatic N) is 3. The van der Waals surface area contributed by atoms with Gasteiger partial charge in [0, 0.05) is 19.1 Å². The molecule has 1 aliphatic rings. The topological polar surface area (TPSA) is 107 Å². The van der Waals surface area contributed by atoms with E-state index in [9.17, 15) is 9.18 Å². The van der Waals surface area contributed by atoms with Crippen molar-refractivity contribution in [3.8, 4) is 0 Å². The number of carbonyl (C=O) groups is 1. The first-order valence-corrected chi connectivity index (χ1v) is 7.62. The van der Waals surface area contributed by atoms with Gasteiger partial charge in [-0.3, -0.25) is 15.3 Å². The van der Waals surface area contributed by atoms with Crippen LogP contribution in [0.2, 0.25) is 0 Å². The number of rotatable bonds is 9. The van der Waals surface area contributed by atoms with Gasteiger partial charge in [-0.1, -0.05) is 0 Å². The van der Waals surface area contributed by atoms with E-state index in [0.717, 1.165) is 0 Å². The van der Waals surface area contributed by atoms with Crippen molar-refractivity contribution >= 4 is 24.2 Å². The van der Waals surface area contributed by atoms with E-state index in [-0.39, 0.29) is 6.54 Å². The average molecular weight is 351 g/mol. The number of ether oxygens (including phenoxy) is 1.